The van der Waals surface area contributed by atoms with Crippen LogP contribution in [0.5, 0.6) is 5.75 Å². The molecular formula is C10H9F2NO. The average molecular weight is 197 g/mol. The molecule has 4 heteroatoms. The summed E-state index contributed by atoms with van der Waals surface area (Å²) >= 11 is 0. The van der Waals surface area contributed by atoms with Crippen LogP contribution in [-0.4, -0.2) is 6.61 Å². The van der Waals surface area contributed by atoms with Gasteiger partial charge in [-0.2, -0.15) is 5.26 Å². The molecule has 0 atom stereocenters. The summed E-state index contributed by atoms with van der Waals surface area (Å²) in [7, 11) is 0. The van der Waals surface area contributed by atoms with E-state index in [9.17, 15) is 8.78 Å². The minimum Gasteiger partial charge on any atom is -0.491 e. The first-order valence-corrected chi connectivity index (χ1v) is 4.17. The van der Waals surface area contributed by atoms with Crippen molar-refractivity contribution < 1.29 is 13.5 Å². The molecule has 14 heavy (non-hydrogen) atoms. The van der Waals surface area contributed by atoms with Crippen LogP contribution in [-0.2, 0) is 6.42 Å². The molecule has 0 heterocycles. The highest BCUT2D eigenvalue weighted by atomic mass is 19.1. The molecule has 1 aromatic carbocycles. The minimum atomic E-state index is -0.784. The van der Waals surface area contributed by atoms with Gasteiger partial charge >= 0.3 is 0 Å². The van der Waals surface area contributed by atoms with Crippen LogP contribution in [0.3, 0.4) is 0 Å². The van der Waals surface area contributed by atoms with E-state index in [0.717, 1.165) is 6.07 Å². The third-order valence-corrected chi connectivity index (χ3v) is 1.71. The Bertz CT molecular complexity index is 371. The van der Waals surface area contributed by atoms with Gasteiger partial charge < -0.3 is 4.74 Å². The summed E-state index contributed by atoms with van der Waals surface area (Å²) in [6, 6.07) is 4.01. The van der Waals surface area contributed by atoms with Crippen molar-refractivity contribution in [1.29, 1.82) is 5.26 Å². The van der Waals surface area contributed by atoms with Gasteiger partial charge in [0.05, 0.1) is 19.1 Å². The zero-order valence-electron chi connectivity index (χ0n) is 7.68. The van der Waals surface area contributed by atoms with Crippen LogP contribution in [0.15, 0.2) is 12.1 Å². The summed E-state index contributed by atoms with van der Waals surface area (Å²) in [5.41, 5.74) is -0.238. The Kier molecular flexibility index (Phi) is 3.41. The van der Waals surface area contributed by atoms with Crippen molar-refractivity contribution in [3.05, 3.63) is 29.3 Å². The molecule has 0 aromatic heterocycles. The van der Waals surface area contributed by atoms with E-state index in [1.807, 2.05) is 0 Å². The van der Waals surface area contributed by atoms with E-state index < -0.39 is 11.6 Å². The number of halogens is 2. The first kappa shape index (κ1) is 10.5. The van der Waals surface area contributed by atoms with Gasteiger partial charge in [0.15, 0.2) is 11.6 Å². The molecule has 0 saturated carbocycles. The molecule has 0 saturated heterocycles. The number of ether oxygens (including phenoxy) is 1. The van der Waals surface area contributed by atoms with Crippen molar-refractivity contribution in [2.24, 2.45) is 0 Å². The van der Waals surface area contributed by atoms with Gasteiger partial charge in [-0.25, -0.2) is 8.78 Å². The second kappa shape index (κ2) is 4.56. The molecule has 0 aliphatic rings. The predicted molar refractivity (Wildman–Crippen MR) is 46.8 cm³/mol. The number of hydrogen-bond donors (Lipinski definition) is 0. The number of hydrogen-bond acceptors (Lipinski definition) is 2. The van der Waals surface area contributed by atoms with Gasteiger partial charge in [0.25, 0.3) is 0 Å². The molecule has 0 unspecified atom stereocenters. The van der Waals surface area contributed by atoms with E-state index in [1.54, 1.807) is 13.0 Å². The molecule has 0 N–H and O–H groups in total. The summed E-state index contributed by atoms with van der Waals surface area (Å²) in [6.45, 7) is 2.00. The predicted octanol–water partition coefficient (Wildman–Crippen LogP) is 2.43. The lowest BCUT2D eigenvalue weighted by atomic mass is 10.1. The van der Waals surface area contributed by atoms with Gasteiger partial charge in [0.1, 0.15) is 5.82 Å². The lowest BCUT2D eigenvalue weighted by Crippen LogP contribution is -2.00. The molecule has 0 fully saturated rings. The number of benzene rings is 1. The summed E-state index contributed by atoms with van der Waals surface area (Å²) in [4.78, 5) is 0. The fraction of sp³-hybridized carbons (Fsp3) is 0.300. The van der Waals surface area contributed by atoms with E-state index >= 15 is 0 Å². The molecule has 0 aliphatic heterocycles. The Morgan fingerprint density at radius 1 is 1.43 bits per heavy atom. The number of nitrogens with zero attached hydrogens (tertiary/aromatic N) is 1. The Morgan fingerprint density at radius 2 is 2.14 bits per heavy atom. The standard InChI is InChI=1S/C10H9F2NO/c1-2-14-9-4-3-8(11)7(5-6-13)10(9)12/h3-4H,2,5H2,1H3. The Hall–Kier alpha value is -1.63. The minimum absolute atomic E-state index is 0.0147. The third-order valence-electron chi connectivity index (χ3n) is 1.71. The topological polar surface area (TPSA) is 33.0 Å². The first-order valence-electron chi connectivity index (χ1n) is 4.17. The molecule has 0 aliphatic carbocycles. The monoisotopic (exact) mass is 197 g/mol. The Labute approximate surface area is 80.7 Å². The van der Waals surface area contributed by atoms with Crippen LogP contribution >= 0.6 is 0 Å². The maximum Gasteiger partial charge on any atom is 0.172 e. The molecule has 0 radical (unpaired) electrons. The van der Waals surface area contributed by atoms with Crippen molar-refractivity contribution in [1.82, 2.24) is 0 Å². The van der Waals surface area contributed by atoms with Crippen molar-refractivity contribution >= 4 is 0 Å². The smallest absolute Gasteiger partial charge is 0.172 e. The SMILES string of the molecule is CCOc1ccc(F)c(CC#N)c1F. The van der Waals surface area contributed by atoms with Crippen molar-refractivity contribution in [3.63, 3.8) is 0 Å². The summed E-state index contributed by atoms with van der Waals surface area (Å²) in [6.07, 6.45) is -0.293. The van der Waals surface area contributed by atoms with E-state index in [-0.39, 0.29) is 17.7 Å². The number of nitriles is 1. The molecule has 1 rings (SSSR count). The second-order valence-electron chi connectivity index (χ2n) is 2.61. The molecule has 0 amide bonds. The van der Waals surface area contributed by atoms with Crippen LogP contribution in [0.25, 0.3) is 0 Å². The normalized spacial score (nSPS) is 9.57. The third kappa shape index (κ3) is 1.99. The largest absolute Gasteiger partial charge is 0.491 e. The molecule has 0 bridgehead atoms. The van der Waals surface area contributed by atoms with Crippen molar-refractivity contribution in [2.75, 3.05) is 6.61 Å². The Morgan fingerprint density at radius 3 is 2.71 bits per heavy atom. The van der Waals surface area contributed by atoms with Crippen molar-refractivity contribution in [3.8, 4) is 11.8 Å². The zero-order chi connectivity index (χ0) is 10.6. The molecule has 2 nitrogen and oxygen atoms in total. The number of rotatable bonds is 3. The lowest BCUT2D eigenvalue weighted by Gasteiger charge is -2.07. The molecule has 1 aromatic rings. The van der Waals surface area contributed by atoms with E-state index in [2.05, 4.69) is 0 Å². The quantitative estimate of drug-likeness (QED) is 0.745. The fourth-order valence-corrected chi connectivity index (χ4v) is 1.08. The maximum absolute atomic E-state index is 13.4. The van der Waals surface area contributed by atoms with Gasteiger partial charge in [-0.3, -0.25) is 0 Å². The fourth-order valence-electron chi connectivity index (χ4n) is 1.08. The first-order chi connectivity index (χ1) is 6.70. The van der Waals surface area contributed by atoms with E-state index in [0.29, 0.717) is 6.61 Å². The van der Waals surface area contributed by atoms with Crippen LogP contribution < -0.4 is 4.74 Å². The second-order valence-corrected chi connectivity index (χ2v) is 2.61. The average Bonchev–Trinajstić information content (AvgIpc) is 2.17. The van der Waals surface area contributed by atoms with E-state index in [4.69, 9.17) is 10.00 Å². The highest BCUT2D eigenvalue weighted by Crippen LogP contribution is 2.23. The highest BCUT2D eigenvalue weighted by molar-refractivity contribution is 5.33. The van der Waals surface area contributed by atoms with Gasteiger partial charge in [-0.1, -0.05) is 0 Å². The lowest BCUT2D eigenvalue weighted by molar-refractivity contribution is 0.319. The van der Waals surface area contributed by atoms with Gasteiger partial charge in [0, 0.05) is 5.56 Å². The Balaban J connectivity index is 3.13. The molecule has 0 spiro atoms. The maximum atomic E-state index is 13.4. The summed E-state index contributed by atoms with van der Waals surface area (Å²) in [5.74, 6) is -1.51. The van der Waals surface area contributed by atoms with Gasteiger partial charge in [-0.15, -0.1) is 0 Å². The summed E-state index contributed by atoms with van der Waals surface area (Å²) in [5, 5.41) is 8.37. The van der Waals surface area contributed by atoms with Crippen LogP contribution in [0.1, 0.15) is 12.5 Å². The van der Waals surface area contributed by atoms with Crippen molar-refractivity contribution in [2.45, 2.75) is 13.3 Å². The zero-order valence-corrected chi connectivity index (χ0v) is 7.68. The van der Waals surface area contributed by atoms with Crippen LogP contribution in [0.2, 0.25) is 0 Å². The van der Waals surface area contributed by atoms with Crippen LogP contribution in [0, 0.1) is 23.0 Å². The highest BCUT2D eigenvalue weighted by Gasteiger charge is 2.13. The summed E-state index contributed by atoms with van der Waals surface area (Å²) < 4.78 is 31.3. The van der Waals surface area contributed by atoms with Gasteiger partial charge in [0.2, 0.25) is 0 Å². The van der Waals surface area contributed by atoms with E-state index in [1.165, 1.54) is 6.07 Å². The van der Waals surface area contributed by atoms with Gasteiger partial charge in [-0.05, 0) is 19.1 Å². The molecular weight excluding hydrogens is 188 g/mol. The molecule has 74 valence electrons. The van der Waals surface area contributed by atoms with Crippen LogP contribution in [0.4, 0.5) is 8.78 Å².